The Hall–Kier alpha value is -1.56. The van der Waals surface area contributed by atoms with Crippen molar-refractivity contribution in [2.24, 2.45) is 10.7 Å². The van der Waals surface area contributed by atoms with E-state index >= 15 is 0 Å². The quantitative estimate of drug-likeness (QED) is 0.641. The molecular weight excluding hydrogens is 274 g/mol. The second-order valence-electron chi connectivity index (χ2n) is 5.41. The van der Waals surface area contributed by atoms with Gasteiger partial charge in [0.1, 0.15) is 0 Å². The highest BCUT2D eigenvalue weighted by atomic mass is 32.2. The molecule has 0 amide bonds. The average molecular weight is 297 g/mol. The van der Waals surface area contributed by atoms with E-state index in [1.807, 2.05) is 24.3 Å². The molecule has 0 bridgehead atoms. The lowest BCUT2D eigenvalue weighted by molar-refractivity contribution is 0.555. The van der Waals surface area contributed by atoms with Crippen molar-refractivity contribution in [3.63, 3.8) is 0 Å². The van der Waals surface area contributed by atoms with Gasteiger partial charge >= 0.3 is 0 Å². The fraction of sp³-hybridized carbons (Fsp3) is 0.500. The number of aliphatic imine (C=N–C) groups is 1. The molecule has 1 aromatic carbocycles. The van der Waals surface area contributed by atoms with Crippen molar-refractivity contribution in [1.29, 1.82) is 0 Å². The van der Waals surface area contributed by atoms with Crippen LogP contribution in [0.5, 0.6) is 0 Å². The highest BCUT2D eigenvalue weighted by Crippen LogP contribution is 2.15. The standard InChI is InChI=1S/C14H23N3O2S/c1-5-11-7-6-8-12(9-11)17-13(15)16-10-14(2,3)20(4,18)19/h6-9H,5,10H2,1-4H3,(H3,15,16,17). The van der Waals surface area contributed by atoms with Gasteiger partial charge in [-0.05, 0) is 38.0 Å². The number of aryl methyl sites for hydroxylation is 1. The van der Waals surface area contributed by atoms with Crippen molar-refractivity contribution in [1.82, 2.24) is 0 Å². The third-order valence-electron chi connectivity index (χ3n) is 3.24. The predicted molar refractivity (Wildman–Crippen MR) is 84.9 cm³/mol. The Labute approximate surface area is 121 Å². The number of sulfone groups is 1. The van der Waals surface area contributed by atoms with Crippen LogP contribution in [-0.2, 0) is 16.3 Å². The summed E-state index contributed by atoms with van der Waals surface area (Å²) >= 11 is 0. The first-order chi connectivity index (χ1) is 9.15. The van der Waals surface area contributed by atoms with Gasteiger partial charge in [-0.15, -0.1) is 0 Å². The van der Waals surface area contributed by atoms with Gasteiger partial charge in [-0.25, -0.2) is 8.42 Å². The maximum atomic E-state index is 11.6. The average Bonchev–Trinajstić information content (AvgIpc) is 2.35. The molecule has 112 valence electrons. The molecule has 3 N–H and O–H groups in total. The van der Waals surface area contributed by atoms with Crippen molar-refractivity contribution >= 4 is 21.5 Å². The molecule has 0 radical (unpaired) electrons. The Kier molecular flexibility index (Phi) is 5.16. The second-order valence-corrected chi connectivity index (χ2v) is 8.06. The number of nitrogens with one attached hydrogen (secondary N) is 1. The van der Waals surface area contributed by atoms with E-state index < -0.39 is 14.6 Å². The fourth-order valence-electron chi connectivity index (χ4n) is 1.45. The van der Waals surface area contributed by atoms with Gasteiger partial charge in [-0.1, -0.05) is 19.1 Å². The minimum Gasteiger partial charge on any atom is -0.370 e. The van der Waals surface area contributed by atoms with Gasteiger partial charge < -0.3 is 11.1 Å². The number of hydrogen-bond acceptors (Lipinski definition) is 3. The second kappa shape index (κ2) is 6.26. The molecule has 6 heteroatoms. The van der Waals surface area contributed by atoms with Crippen molar-refractivity contribution in [2.75, 3.05) is 18.1 Å². The lowest BCUT2D eigenvalue weighted by atomic mass is 10.1. The van der Waals surface area contributed by atoms with E-state index in [9.17, 15) is 8.42 Å². The van der Waals surface area contributed by atoms with Crippen LogP contribution in [0.3, 0.4) is 0 Å². The molecule has 0 aliphatic carbocycles. The molecule has 0 aliphatic rings. The third kappa shape index (κ3) is 4.52. The van der Waals surface area contributed by atoms with Gasteiger partial charge in [0.15, 0.2) is 15.8 Å². The van der Waals surface area contributed by atoms with Gasteiger partial charge in [-0.3, -0.25) is 4.99 Å². The third-order valence-corrected chi connectivity index (χ3v) is 5.38. The molecule has 0 heterocycles. The molecule has 0 atom stereocenters. The molecule has 0 unspecified atom stereocenters. The fourth-order valence-corrected chi connectivity index (χ4v) is 1.75. The minimum atomic E-state index is -3.17. The highest BCUT2D eigenvalue weighted by Gasteiger charge is 2.29. The van der Waals surface area contributed by atoms with Crippen molar-refractivity contribution < 1.29 is 8.42 Å². The smallest absolute Gasteiger partial charge is 0.193 e. The van der Waals surface area contributed by atoms with Crippen LogP contribution in [0.15, 0.2) is 29.3 Å². The van der Waals surface area contributed by atoms with Crippen LogP contribution in [-0.4, -0.2) is 31.9 Å². The van der Waals surface area contributed by atoms with E-state index in [-0.39, 0.29) is 12.5 Å². The molecule has 0 saturated heterocycles. The van der Waals surface area contributed by atoms with E-state index in [4.69, 9.17) is 5.73 Å². The van der Waals surface area contributed by atoms with Crippen LogP contribution >= 0.6 is 0 Å². The number of guanidine groups is 1. The first kappa shape index (κ1) is 16.5. The number of rotatable bonds is 5. The number of nitrogens with zero attached hydrogens (tertiary/aromatic N) is 1. The summed E-state index contributed by atoms with van der Waals surface area (Å²) in [7, 11) is -3.17. The van der Waals surface area contributed by atoms with Crippen LogP contribution in [0.2, 0.25) is 0 Å². The van der Waals surface area contributed by atoms with Crippen molar-refractivity contribution in [3.05, 3.63) is 29.8 Å². The largest absolute Gasteiger partial charge is 0.370 e. The van der Waals surface area contributed by atoms with Crippen molar-refractivity contribution in [3.8, 4) is 0 Å². The Morgan fingerprint density at radius 3 is 2.60 bits per heavy atom. The Bertz CT molecular complexity index is 592. The summed E-state index contributed by atoms with van der Waals surface area (Å²) in [6.45, 7) is 5.47. The number of nitrogens with two attached hydrogens (primary N) is 1. The molecule has 0 aliphatic heterocycles. The predicted octanol–water partition coefficient (Wildman–Crippen LogP) is 1.80. The lowest BCUT2D eigenvalue weighted by Crippen LogP contribution is -2.36. The number of benzene rings is 1. The van der Waals surface area contributed by atoms with Crippen LogP contribution < -0.4 is 11.1 Å². The molecule has 0 saturated carbocycles. The number of anilines is 1. The molecule has 0 aromatic heterocycles. The normalized spacial score (nSPS) is 13.3. The Morgan fingerprint density at radius 1 is 1.40 bits per heavy atom. The van der Waals surface area contributed by atoms with Crippen molar-refractivity contribution in [2.45, 2.75) is 31.9 Å². The van der Waals surface area contributed by atoms with E-state index in [1.165, 1.54) is 11.8 Å². The lowest BCUT2D eigenvalue weighted by Gasteiger charge is -2.20. The van der Waals surface area contributed by atoms with Gasteiger partial charge in [0.2, 0.25) is 0 Å². The highest BCUT2D eigenvalue weighted by molar-refractivity contribution is 7.92. The van der Waals surface area contributed by atoms with Crippen LogP contribution in [0.25, 0.3) is 0 Å². The van der Waals surface area contributed by atoms with Gasteiger partial charge in [0.05, 0.1) is 11.3 Å². The Balaban J connectivity index is 2.76. The van der Waals surface area contributed by atoms with E-state index in [2.05, 4.69) is 17.2 Å². The molecule has 0 spiro atoms. The van der Waals surface area contributed by atoms with Gasteiger partial charge in [0, 0.05) is 11.9 Å². The van der Waals surface area contributed by atoms with E-state index in [0.717, 1.165) is 12.1 Å². The molecular formula is C14H23N3O2S. The topological polar surface area (TPSA) is 84.5 Å². The van der Waals surface area contributed by atoms with Crippen LogP contribution in [0.4, 0.5) is 5.69 Å². The summed E-state index contributed by atoms with van der Waals surface area (Å²) in [5.74, 6) is 0.218. The molecule has 5 nitrogen and oxygen atoms in total. The maximum absolute atomic E-state index is 11.6. The summed E-state index contributed by atoms with van der Waals surface area (Å²) in [6.07, 6.45) is 2.14. The molecule has 20 heavy (non-hydrogen) atoms. The molecule has 1 rings (SSSR count). The number of hydrogen-bond donors (Lipinski definition) is 2. The Morgan fingerprint density at radius 2 is 2.05 bits per heavy atom. The molecule has 1 aromatic rings. The van der Waals surface area contributed by atoms with Crippen LogP contribution in [0, 0.1) is 0 Å². The zero-order valence-electron chi connectivity index (χ0n) is 12.5. The van der Waals surface area contributed by atoms with Gasteiger partial charge in [-0.2, -0.15) is 0 Å². The SMILES string of the molecule is CCc1cccc(NC(N)=NCC(C)(C)S(C)(=O)=O)c1. The minimum absolute atomic E-state index is 0.123. The summed E-state index contributed by atoms with van der Waals surface area (Å²) in [5.41, 5.74) is 7.84. The van der Waals surface area contributed by atoms with E-state index in [0.29, 0.717) is 0 Å². The first-order valence-corrected chi connectivity index (χ1v) is 8.40. The summed E-state index contributed by atoms with van der Waals surface area (Å²) < 4.78 is 22.2. The first-order valence-electron chi connectivity index (χ1n) is 6.51. The van der Waals surface area contributed by atoms with Gasteiger partial charge in [0.25, 0.3) is 0 Å². The zero-order valence-corrected chi connectivity index (χ0v) is 13.3. The van der Waals surface area contributed by atoms with Crippen LogP contribution in [0.1, 0.15) is 26.3 Å². The summed E-state index contributed by atoms with van der Waals surface area (Å²) in [5, 5.41) is 2.97. The molecule has 0 fully saturated rings. The van der Waals surface area contributed by atoms with E-state index in [1.54, 1.807) is 13.8 Å². The monoisotopic (exact) mass is 297 g/mol. The summed E-state index contributed by atoms with van der Waals surface area (Å²) in [4.78, 5) is 4.12. The zero-order chi connectivity index (χ0) is 15.4. The summed E-state index contributed by atoms with van der Waals surface area (Å²) in [6, 6.07) is 7.85. The maximum Gasteiger partial charge on any atom is 0.193 e.